The van der Waals surface area contributed by atoms with E-state index in [9.17, 15) is 18.0 Å². The number of hydrogen-bond donors (Lipinski definition) is 1. The summed E-state index contributed by atoms with van der Waals surface area (Å²) in [5.41, 5.74) is 0.665. The van der Waals surface area contributed by atoms with E-state index in [1.807, 2.05) is 30.3 Å². The van der Waals surface area contributed by atoms with E-state index >= 15 is 0 Å². The normalized spacial score (nSPS) is 14.2. The fourth-order valence-corrected chi connectivity index (χ4v) is 2.76. The van der Waals surface area contributed by atoms with Gasteiger partial charge in [0, 0.05) is 5.92 Å². The van der Waals surface area contributed by atoms with Crippen molar-refractivity contribution < 1.29 is 18.0 Å². The second kappa shape index (κ2) is 6.53. The molecular weight excluding hydrogens is 357 g/mol. The molecule has 1 N–H and O–H groups in total. The van der Waals surface area contributed by atoms with Crippen LogP contribution in [0.1, 0.15) is 40.6 Å². The predicted octanol–water partition coefficient (Wildman–Crippen LogP) is 4.42. The van der Waals surface area contributed by atoms with Gasteiger partial charge in [-0.3, -0.25) is 4.79 Å². The lowest BCUT2D eigenvalue weighted by Gasteiger charge is -2.08. The highest BCUT2D eigenvalue weighted by atomic mass is 19.4. The average molecular weight is 372 g/mol. The molecule has 1 saturated carbocycles. The Hall–Kier alpha value is -3.16. The predicted molar refractivity (Wildman–Crippen MR) is 92.7 cm³/mol. The Morgan fingerprint density at radius 1 is 1.07 bits per heavy atom. The maximum atomic E-state index is 12.8. The van der Waals surface area contributed by atoms with E-state index in [1.54, 1.807) is 10.9 Å². The third-order valence-corrected chi connectivity index (χ3v) is 4.25. The lowest BCUT2D eigenvalue weighted by Crippen LogP contribution is -2.17. The van der Waals surface area contributed by atoms with Gasteiger partial charge in [-0.05, 0) is 37.1 Å². The standard InChI is InChI=1S/C19H15F3N4O/c20-19(21,22)16-8-4-7-14(23-16)18(27)24-15-11-26(13-5-2-1-3-6-13)25-17(15)12-9-10-12/h1-8,11-12H,9-10H2,(H,24,27). The summed E-state index contributed by atoms with van der Waals surface area (Å²) in [5.74, 6) is -0.449. The molecule has 0 bridgehead atoms. The molecule has 27 heavy (non-hydrogen) atoms. The van der Waals surface area contributed by atoms with E-state index in [0.717, 1.165) is 30.3 Å². The van der Waals surface area contributed by atoms with Crippen LogP contribution in [0.5, 0.6) is 0 Å². The van der Waals surface area contributed by atoms with Crippen LogP contribution in [-0.2, 0) is 6.18 Å². The number of carbonyl (C=O) groups excluding carboxylic acids is 1. The minimum atomic E-state index is -4.60. The van der Waals surface area contributed by atoms with Gasteiger partial charge >= 0.3 is 6.18 Å². The monoisotopic (exact) mass is 372 g/mol. The summed E-state index contributed by atoms with van der Waals surface area (Å²) >= 11 is 0. The molecule has 4 rings (SSSR count). The zero-order valence-electron chi connectivity index (χ0n) is 14.1. The smallest absolute Gasteiger partial charge is 0.318 e. The molecule has 1 aliphatic rings. The second-order valence-electron chi connectivity index (χ2n) is 6.34. The Bertz CT molecular complexity index is 978. The van der Waals surface area contributed by atoms with Crippen molar-refractivity contribution in [2.24, 2.45) is 0 Å². The van der Waals surface area contributed by atoms with Crippen molar-refractivity contribution in [3.8, 4) is 5.69 Å². The first-order chi connectivity index (χ1) is 12.9. The van der Waals surface area contributed by atoms with E-state index in [-0.39, 0.29) is 11.6 Å². The van der Waals surface area contributed by atoms with Crippen LogP contribution < -0.4 is 5.32 Å². The third kappa shape index (κ3) is 3.69. The van der Waals surface area contributed by atoms with Crippen molar-refractivity contribution in [3.63, 3.8) is 0 Å². The van der Waals surface area contributed by atoms with Crippen LogP contribution in [0.2, 0.25) is 0 Å². The molecule has 138 valence electrons. The minimum Gasteiger partial charge on any atom is -0.318 e. The van der Waals surface area contributed by atoms with Crippen molar-refractivity contribution in [3.05, 3.63) is 71.8 Å². The number of benzene rings is 1. The summed E-state index contributed by atoms with van der Waals surface area (Å²) < 4.78 is 40.1. The Balaban J connectivity index is 1.62. The molecule has 0 unspecified atom stereocenters. The molecular formula is C19H15F3N4O. The number of anilines is 1. The Kier molecular flexibility index (Phi) is 4.18. The Morgan fingerprint density at radius 2 is 1.81 bits per heavy atom. The second-order valence-corrected chi connectivity index (χ2v) is 6.34. The van der Waals surface area contributed by atoms with Crippen LogP contribution in [0.15, 0.2) is 54.7 Å². The highest BCUT2D eigenvalue weighted by Gasteiger charge is 2.33. The molecule has 1 amide bonds. The van der Waals surface area contributed by atoms with Gasteiger partial charge in [0.15, 0.2) is 0 Å². The number of nitrogens with zero attached hydrogens (tertiary/aromatic N) is 3. The maximum absolute atomic E-state index is 12.8. The van der Waals surface area contributed by atoms with Crippen molar-refractivity contribution in [2.75, 3.05) is 5.32 Å². The summed E-state index contributed by atoms with van der Waals surface area (Å²) in [4.78, 5) is 15.9. The van der Waals surface area contributed by atoms with Crippen LogP contribution in [0.4, 0.5) is 18.9 Å². The molecule has 2 heterocycles. The number of carbonyl (C=O) groups is 1. The van der Waals surface area contributed by atoms with Gasteiger partial charge in [-0.15, -0.1) is 0 Å². The number of rotatable bonds is 4. The molecule has 0 spiro atoms. The van der Waals surface area contributed by atoms with Gasteiger partial charge in [-0.2, -0.15) is 18.3 Å². The van der Waals surface area contributed by atoms with Crippen LogP contribution in [0.25, 0.3) is 5.69 Å². The molecule has 8 heteroatoms. The van der Waals surface area contributed by atoms with E-state index in [0.29, 0.717) is 5.69 Å². The molecule has 0 saturated heterocycles. The molecule has 3 aromatic rings. The number of halogens is 3. The average Bonchev–Trinajstić information content (AvgIpc) is 3.42. The first kappa shape index (κ1) is 17.3. The van der Waals surface area contributed by atoms with E-state index in [2.05, 4.69) is 15.4 Å². The molecule has 5 nitrogen and oxygen atoms in total. The van der Waals surface area contributed by atoms with Gasteiger partial charge in [-0.1, -0.05) is 24.3 Å². The van der Waals surface area contributed by atoms with Gasteiger partial charge < -0.3 is 5.32 Å². The van der Waals surface area contributed by atoms with E-state index in [4.69, 9.17) is 0 Å². The largest absolute Gasteiger partial charge is 0.433 e. The topological polar surface area (TPSA) is 59.8 Å². The number of amides is 1. The number of pyridine rings is 1. The first-order valence-corrected chi connectivity index (χ1v) is 8.42. The van der Waals surface area contributed by atoms with Gasteiger partial charge in [0.05, 0.1) is 23.3 Å². The lowest BCUT2D eigenvalue weighted by molar-refractivity contribution is -0.141. The van der Waals surface area contributed by atoms with E-state index < -0.39 is 17.8 Å². The highest BCUT2D eigenvalue weighted by molar-refractivity contribution is 6.03. The SMILES string of the molecule is O=C(Nc1cn(-c2ccccc2)nc1C1CC1)c1cccc(C(F)(F)F)n1. The van der Waals surface area contributed by atoms with Crippen LogP contribution >= 0.6 is 0 Å². The number of para-hydroxylation sites is 1. The van der Waals surface area contributed by atoms with Gasteiger partial charge in [0.2, 0.25) is 0 Å². The molecule has 1 aliphatic carbocycles. The summed E-state index contributed by atoms with van der Waals surface area (Å²) in [5, 5.41) is 7.21. The molecule has 0 atom stereocenters. The summed E-state index contributed by atoms with van der Waals surface area (Å²) in [6, 6.07) is 12.6. The summed E-state index contributed by atoms with van der Waals surface area (Å²) in [7, 11) is 0. The lowest BCUT2D eigenvalue weighted by atomic mass is 10.2. The number of nitrogens with one attached hydrogen (secondary N) is 1. The first-order valence-electron chi connectivity index (χ1n) is 8.42. The van der Waals surface area contributed by atoms with Crippen LogP contribution in [0, 0.1) is 0 Å². The minimum absolute atomic E-state index is 0.250. The van der Waals surface area contributed by atoms with Crippen LogP contribution in [0.3, 0.4) is 0 Å². The van der Waals surface area contributed by atoms with Crippen molar-refractivity contribution >= 4 is 11.6 Å². The Labute approximate surface area is 152 Å². The fourth-order valence-electron chi connectivity index (χ4n) is 2.76. The summed E-state index contributed by atoms with van der Waals surface area (Å²) in [6.07, 6.45) is -0.991. The number of alkyl halides is 3. The molecule has 1 aromatic carbocycles. The van der Waals surface area contributed by atoms with Crippen LogP contribution in [-0.4, -0.2) is 20.7 Å². The maximum Gasteiger partial charge on any atom is 0.433 e. The Morgan fingerprint density at radius 3 is 2.48 bits per heavy atom. The van der Waals surface area contributed by atoms with Gasteiger partial charge in [0.1, 0.15) is 11.4 Å². The van der Waals surface area contributed by atoms with E-state index in [1.165, 1.54) is 12.1 Å². The third-order valence-electron chi connectivity index (χ3n) is 4.25. The summed E-state index contributed by atoms with van der Waals surface area (Å²) in [6.45, 7) is 0. The van der Waals surface area contributed by atoms with Crippen molar-refractivity contribution in [2.45, 2.75) is 24.9 Å². The van der Waals surface area contributed by atoms with Gasteiger partial charge in [0.25, 0.3) is 5.91 Å². The molecule has 0 radical (unpaired) electrons. The van der Waals surface area contributed by atoms with Crippen molar-refractivity contribution in [1.82, 2.24) is 14.8 Å². The number of hydrogen-bond acceptors (Lipinski definition) is 3. The quantitative estimate of drug-likeness (QED) is 0.738. The number of aromatic nitrogens is 3. The molecule has 1 fully saturated rings. The zero-order valence-corrected chi connectivity index (χ0v) is 14.1. The molecule has 0 aliphatic heterocycles. The highest BCUT2D eigenvalue weighted by Crippen LogP contribution is 2.43. The zero-order chi connectivity index (χ0) is 19.0. The molecule has 2 aromatic heterocycles. The van der Waals surface area contributed by atoms with Crippen molar-refractivity contribution in [1.29, 1.82) is 0 Å². The fraction of sp³-hybridized carbons (Fsp3) is 0.211. The van der Waals surface area contributed by atoms with Gasteiger partial charge in [-0.25, -0.2) is 9.67 Å².